The molecule has 1 heterocycles. The highest BCUT2D eigenvalue weighted by Gasteiger charge is 2.35. The molecular weight excluding hydrogens is 269 g/mol. The predicted octanol–water partition coefficient (Wildman–Crippen LogP) is 2.78. The summed E-state index contributed by atoms with van der Waals surface area (Å²) >= 11 is 7.62. The van der Waals surface area contributed by atoms with Crippen molar-refractivity contribution < 1.29 is 18.3 Å². The smallest absolute Gasteiger partial charge is 0.347 e. The summed E-state index contributed by atoms with van der Waals surface area (Å²) < 4.78 is 29.8. The molecular formula is C7H6BrClF2O2. The Balaban J connectivity index is 2.60. The number of aliphatic hydroxyl groups excluding tert-OH is 1. The third-order valence-corrected chi connectivity index (χ3v) is 2.10. The summed E-state index contributed by atoms with van der Waals surface area (Å²) in [5.74, 6) is 0. The molecule has 1 unspecified atom stereocenters. The van der Waals surface area contributed by atoms with E-state index in [1.54, 1.807) is 0 Å². The predicted molar refractivity (Wildman–Crippen MR) is 46.9 cm³/mol. The third kappa shape index (κ3) is 3.25. The summed E-state index contributed by atoms with van der Waals surface area (Å²) in [4.78, 5) is 0. The van der Waals surface area contributed by atoms with Crippen LogP contribution in [0.5, 0.6) is 0 Å². The molecule has 0 aliphatic carbocycles. The minimum Gasteiger partial charge on any atom is -0.457 e. The van der Waals surface area contributed by atoms with E-state index < -0.39 is 11.5 Å². The van der Waals surface area contributed by atoms with E-state index >= 15 is 0 Å². The number of aliphatic hydroxyl groups is 1. The highest BCUT2D eigenvalue weighted by molar-refractivity contribution is 9.10. The van der Waals surface area contributed by atoms with Crippen molar-refractivity contribution >= 4 is 27.5 Å². The first-order valence-electron chi connectivity index (χ1n) is 3.37. The van der Waals surface area contributed by atoms with Crippen molar-refractivity contribution in [1.29, 1.82) is 0 Å². The van der Waals surface area contributed by atoms with Gasteiger partial charge in [-0.3, -0.25) is 0 Å². The first-order chi connectivity index (χ1) is 5.89. The zero-order chi connectivity index (χ0) is 10.1. The summed E-state index contributed by atoms with van der Waals surface area (Å²) in [7, 11) is 0. The van der Waals surface area contributed by atoms with Gasteiger partial charge in [0.2, 0.25) is 0 Å². The van der Waals surface area contributed by atoms with E-state index in [1.165, 1.54) is 12.3 Å². The quantitative estimate of drug-likeness (QED) is 0.861. The lowest BCUT2D eigenvalue weighted by Gasteiger charge is -2.14. The van der Waals surface area contributed by atoms with Gasteiger partial charge in [0.25, 0.3) is 0 Å². The van der Waals surface area contributed by atoms with Crippen molar-refractivity contribution in [3.05, 3.63) is 22.6 Å². The molecule has 0 amide bonds. The minimum absolute atomic E-state index is 0.244. The van der Waals surface area contributed by atoms with Gasteiger partial charge < -0.3 is 9.52 Å². The van der Waals surface area contributed by atoms with Crippen LogP contribution < -0.4 is 0 Å². The maximum absolute atomic E-state index is 12.3. The second kappa shape index (κ2) is 3.94. The summed E-state index contributed by atoms with van der Waals surface area (Å²) in [5.41, 5.74) is 0.458. The van der Waals surface area contributed by atoms with E-state index in [4.69, 9.17) is 9.52 Å². The van der Waals surface area contributed by atoms with Gasteiger partial charge >= 0.3 is 5.38 Å². The molecule has 0 aliphatic rings. The average molecular weight is 275 g/mol. The van der Waals surface area contributed by atoms with E-state index in [0.29, 0.717) is 10.2 Å². The molecule has 0 saturated heterocycles. The lowest BCUT2D eigenvalue weighted by atomic mass is 10.1. The molecule has 2 nitrogen and oxygen atoms in total. The Morgan fingerprint density at radius 2 is 2.31 bits per heavy atom. The third-order valence-electron chi connectivity index (χ3n) is 1.43. The van der Waals surface area contributed by atoms with Crippen LogP contribution in [0.3, 0.4) is 0 Å². The Bertz CT molecular complexity index is 284. The minimum atomic E-state index is -3.61. The van der Waals surface area contributed by atoms with Crippen molar-refractivity contribution in [2.24, 2.45) is 0 Å². The average Bonchev–Trinajstić information content (AvgIpc) is 2.33. The van der Waals surface area contributed by atoms with Crippen LogP contribution in [0.15, 0.2) is 21.4 Å². The maximum atomic E-state index is 12.3. The number of hydrogen-bond acceptors (Lipinski definition) is 2. The van der Waals surface area contributed by atoms with Crippen molar-refractivity contribution in [2.45, 2.75) is 17.9 Å². The van der Waals surface area contributed by atoms with Gasteiger partial charge in [0.05, 0.1) is 6.26 Å². The second-order valence-electron chi connectivity index (χ2n) is 2.52. The van der Waals surface area contributed by atoms with Crippen molar-refractivity contribution in [3.63, 3.8) is 0 Å². The normalized spacial score (nSPS) is 14.5. The van der Waals surface area contributed by atoms with Crippen molar-refractivity contribution in [1.82, 2.24) is 0 Å². The maximum Gasteiger partial charge on any atom is 0.347 e. The van der Waals surface area contributed by atoms with Gasteiger partial charge in [0, 0.05) is 6.42 Å². The van der Waals surface area contributed by atoms with Crippen LogP contribution in [0.25, 0.3) is 0 Å². The second-order valence-corrected chi connectivity index (χ2v) is 3.81. The molecule has 0 saturated carbocycles. The van der Waals surface area contributed by atoms with Gasteiger partial charge in [0.15, 0.2) is 4.67 Å². The van der Waals surface area contributed by atoms with Gasteiger partial charge in [-0.15, -0.1) is 0 Å². The van der Waals surface area contributed by atoms with Crippen LogP contribution in [-0.2, 0) is 6.42 Å². The molecule has 0 spiro atoms. The molecule has 0 aliphatic heterocycles. The zero-order valence-corrected chi connectivity index (χ0v) is 8.65. The number of furan rings is 1. The highest BCUT2D eigenvalue weighted by atomic mass is 79.9. The van der Waals surface area contributed by atoms with Crippen LogP contribution in [-0.4, -0.2) is 16.6 Å². The fourth-order valence-electron chi connectivity index (χ4n) is 0.792. The molecule has 6 heteroatoms. The van der Waals surface area contributed by atoms with E-state index in [9.17, 15) is 8.78 Å². The molecule has 0 fully saturated rings. The van der Waals surface area contributed by atoms with Gasteiger partial charge in [-0.25, -0.2) is 0 Å². The van der Waals surface area contributed by atoms with Gasteiger partial charge in [-0.1, -0.05) is 0 Å². The molecule has 74 valence electrons. The number of rotatable bonds is 3. The summed E-state index contributed by atoms with van der Waals surface area (Å²) in [5, 5.41) is 5.30. The van der Waals surface area contributed by atoms with E-state index in [2.05, 4.69) is 27.5 Å². The molecule has 0 bridgehead atoms. The largest absolute Gasteiger partial charge is 0.457 e. The zero-order valence-electron chi connectivity index (χ0n) is 6.31. The molecule has 1 atom stereocenters. The van der Waals surface area contributed by atoms with Gasteiger partial charge in [0.1, 0.15) is 6.10 Å². The van der Waals surface area contributed by atoms with Crippen LogP contribution in [0.1, 0.15) is 5.56 Å². The molecule has 1 N–H and O–H groups in total. The molecule has 1 aromatic rings. The standard InChI is InChI=1S/C7H6BrClF2O2/c8-6-2-4(3-13-6)1-5(12)7(9,10)11/h2-3,5,12H,1H2. The molecule has 0 aromatic carbocycles. The van der Waals surface area contributed by atoms with Gasteiger partial charge in [-0.05, 0) is 39.2 Å². The number of alkyl halides is 3. The van der Waals surface area contributed by atoms with E-state index in [1.807, 2.05) is 0 Å². The van der Waals surface area contributed by atoms with E-state index in [0.717, 1.165) is 0 Å². The number of halogens is 4. The van der Waals surface area contributed by atoms with Crippen molar-refractivity contribution in [3.8, 4) is 0 Å². The van der Waals surface area contributed by atoms with Crippen LogP contribution in [0.4, 0.5) is 8.78 Å². The van der Waals surface area contributed by atoms with Crippen LogP contribution >= 0.6 is 27.5 Å². The lowest BCUT2D eigenvalue weighted by Crippen LogP contribution is -2.29. The Morgan fingerprint density at radius 1 is 1.69 bits per heavy atom. The lowest BCUT2D eigenvalue weighted by molar-refractivity contribution is -0.0398. The Morgan fingerprint density at radius 3 is 2.69 bits per heavy atom. The van der Waals surface area contributed by atoms with Gasteiger partial charge in [-0.2, -0.15) is 8.78 Å². The summed E-state index contributed by atoms with van der Waals surface area (Å²) in [6, 6.07) is 1.49. The molecule has 1 aromatic heterocycles. The molecule has 1 rings (SSSR count). The van der Waals surface area contributed by atoms with E-state index in [-0.39, 0.29) is 6.42 Å². The number of hydrogen-bond donors (Lipinski definition) is 1. The Hall–Kier alpha value is -0.130. The topological polar surface area (TPSA) is 33.4 Å². The monoisotopic (exact) mass is 274 g/mol. The van der Waals surface area contributed by atoms with Crippen LogP contribution in [0, 0.1) is 0 Å². The fourth-order valence-corrected chi connectivity index (χ4v) is 1.26. The first-order valence-corrected chi connectivity index (χ1v) is 4.54. The van der Waals surface area contributed by atoms with Crippen LogP contribution in [0.2, 0.25) is 0 Å². The Kier molecular flexibility index (Phi) is 3.32. The fraction of sp³-hybridized carbons (Fsp3) is 0.429. The molecule has 0 radical (unpaired) electrons. The SMILES string of the molecule is OC(Cc1coc(Br)c1)C(F)(F)Cl. The summed E-state index contributed by atoms with van der Waals surface area (Å²) in [6.45, 7) is 0. The summed E-state index contributed by atoms with van der Waals surface area (Å²) in [6.07, 6.45) is -0.875. The molecule has 13 heavy (non-hydrogen) atoms. The Labute approximate surface area is 86.6 Å². The van der Waals surface area contributed by atoms with Crippen molar-refractivity contribution in [2.75, 3.05) is 0 Å². The first kappa shape index (κ1) is 10.9. The highest BCUT2D eigenvalue weighted by Crippen LogP contribution is 2.27.